The number of fused-ring (bicyclic) bond motifs is 1. The van der Waals surface area contributed by atoms with Crippen LogP contribution in [0.4, 0.5) is 0 Å². The van der Waals surface area contributed by atoms with Crippen molar-refractivity contribution < 1.29 is 4.79 Å². The standard InChI is InChI=1S/C16H12OS/c1-11(17)12-6-8-13(9-7-12)16-10-14-4-2-3-5-15(14)18-16/h2-10H,1H3. The number of Topliss-reactive ketones (excluding diaryl/α,β-unsaturated/α-hetero) is 1. The van der Waals surface area contributed by atoms with Gasteiger partial charge < -0.3 is 0 Å². The Balaban J connectivity index is 2.06. The topological polar surface area (TPSA) is 17.1 Å². The van der Waals surface area contributed by atoms with E-state index in [4.69, 9.17) is 0 Å². The minimum absolute atomic E-state index is 0.109. The summed E-state index contributed by atoms with van der Waals surface area (Å²) in [5.74, 6) is 0.109. The summed E-state index contributed by atoms with van der Waals surface area (Å²) in [7, 11) is 0. The molecule has 3 aromatic rings. The van der Waals surface area contributed by atoms with Crippen LogP contribution in [0.15, 0.2) is 54.6 Å². The molecule has 0 N–H and O–H groups in total. The van der Waals surface area contributed by atoms with Crippen LogP contribution >= 0.6 is 11.3 Å². The second kappa shape index (κ2) is 4.39. The summed E-state index contributed by atoms with van der Waals surface area (Å²) >= 11 is 1.78. The van der Waals surface area contributed by atoms with Crippen LogP contribution in [0.5, 0.6) is 0 Å². The van der Waals surface area contributed by atoms with Crippen molar-refractivity contribution >= 4 is 27.2 Å². The third-order valence-electron chi connectivity index (χ3n) is 3.00. The summed E-state index contributed by atoms with van der Waals surface area (Å²) in [5, 5.41) is 1.27. The van der Waals surface area contributed by atoms with Crippen molar-refractivity contribution in [3.8, 4) is 10.4 Å². The van der Waals surface area contributed by atoms with Crippen molar-refractivity contribution in [2.24, 2.45) is 0 Å². The highest BCUT2D eigenvalue weighted by Crippen LogP contribution is 2.33. The molecule has 0 aliphatic heterocycles. The van der Waals surface area contributed by atoms with Gasteiger partial charge in [0.15, 0.2) is 5.78 Å². The van der Waals surface area contributed by atoms with Gasteiger partial charge >= 0.3 is 0 Å². The predicted molar refractivity (Wildman–Crippen MR) is 77.3 cm³/mol. The van der Waals surface area contributed by atoms with Crippen molar-refractivity contribution in [2.45, 2.75) is 6.92 Å². The monoisotopic (exact) mass is 252 g/mol. The molecule has 0 saturated carbocycles. The molecular formula is C16H12OS. The lowest BCUT2D eigenvalue weighted by Gasteiger charge is -1.98. The van der Waals surface area contributed by atoms with Crippen molar-refractivity contribution in [2.75, 3.05) is 0 Å². The zero-order chi connectivity index (χ0) is 12.5. The van der Waals surface area contributed by atoms with E-state index >= 15 is 0 Å². The first-order valence-electron chi connectivity index (χ1n) is 5.84. The lowest BCUT2D eigenvalue weighted by molar-refractivity contribution is 0.101. The number of thiophene rings is 1. The summed E-state index contributed by atoms with van der Waals surface area (Å²) in [6.45, 7) is 1.59. The molecule has 0 atom stereocenters. The van der Waals surface area contributed by atoms with E-state index in [0.717, 1.165) is 5.56 Å². The first-order chi connectivity index (χ1) is 8.74. The van der Waals surface area contributed by atoms with E-state index in [1.54, 1.807) is 18.3 Å². The van der Waals surface area contributed by atoms with Crippen LogP contribution in [0.3, 0.4) is 0 Å². The van der Waals surface area contributed by atoms with Gasteiger partial charge in [-0.2, -0.15) is 0 Å². The number of carbonyl (C=O) groups excluding carboxylic acids is 1. The van der Waals surface area contributed by atoms with Gasteiger partial charge in [0, 0.05) is 15.1 Å². The SMILES string of the molecule is CC(=O)c1ccc(-c2cc3ccccc3s2)cc1. The zero-order valence-electron chi connectivity index (χ0n) is 10.0. The highest BCUT2D eigenvalue weighted by atomic mass is 32.1. The zero-order valence-corrected chi connectivity index (χ0v) is 10.8. The third kappa shape index (κ3) is 1.95. The van der Waals surface area contributed by atoms with Gasteiger partial charge in [-0.05, 0) is 30.0 Å². The maximum absolute atomic E-state index is 11.2. The van der Waals surface area contributed by atoms with Crippen molar-refractivity contribution in [1.82, 2.24) is 0 Å². The average molecular weight is 252 g/mol. The molecule has 2 heteroatoms. The summed E-state index contributed by atoms with van der Waals surface area (Å²) in [5.41, 5.74) is 1.93. The van der Waals surface area contributed by atoms with Crippen molar-refractivity contribution in [3.05, 3.63) is 60.2 Å². The van der Waals surface area contributed by atoms with E-state index in [-0.39, 0.29) is 5.78 Å². The Morgan fingerprint density at radius 2 is 1.72 bits per heavy atom. The third-order valence-corrected chi connectivity index (χ3v) is 4.17. The Kier molecular flexibility index (Phi) is 2.73. The molecule has 0 aliphatic carbocycles. The van der Waals surface area contributed by atoms with Crippen LogP contribution in [0.2, 0.25) is 0 Å². The average Bonchev–Trinajstić information content (AvgIpc) is 2.82. The molecule has 0 aliphatic rings. The lowest BCUT2D eigenvalue weighted by Crippen LogP contribution is -1.90. The van der Waals surface area contributed by atoms with Crippen molar-refractivity contribution in [3.63, 3.8) is 0 Å². The molecule has 0 amide bonds. The first-order valence-corrected chi connectivity index (χ1v) is 6.65. The number of carbonyl (C=O) groups is 1. The Hall–Kier alpha value is -1.93. The molecule has 88 valence electrons. The molecule has 0 unspecified atom stereocenters. The van der Waals surface area contributed by atoms with Crippen LogP contribution in [-0.4, -0.2) is 5.78 Å². The molecule has 0 bridgehead atoms. The van der Waals surface area contributed by atoms with E-state index in [2.05, 4.69) is 30.3 Å². The van der Waals surface area contributed by atoms with E-state index in [1.807, 2.05) is 24.3 Å². The second-order valence-electron chi connectivity index (χ2n) is 4.28. The van der Waals surface area contributed by atoms with Gasteiger partial charge in [-0.3, -0.25) is 4.79 Å². The molecule has 1 aromatic heterocycles. The van der Waals surface area contributed by atoms with Crippen molar-refractivity contribution in [1.29, 1.82) is 0 Å². The smallest absolute Gasteiger partial charge is 0.159 e. The first kappa shape index (κ1) is 11.2. The Bertz CT molecular complexity index is 674. The normalized spacial score (nSPS) is 10.7. The van der Waals surface area contributed by atoms with Crippen LogP contribution in [0, 0.1) is 0 Å². The Morgan fingerprint density at radius 3 is 2.39 bits per heavy atom. The van der Waals surface area contributed by atoms with Gasteiger partial charge in [0.2, 0.25) is 0 Å². The number of rotatable bonds is 2. The lowest BCUT2D eigenvalue weighted by atomic mass is 10.1. The molecule has 0 fully saturated rings. The molecule has 0 radical (unpaired) electrons. The van der Waals surface area contributed by atoms with E-state index in [0.29, 0.717) is 0 Å². The van der Waals surface area contributed by atoms with E-state index in [1.165, 1.54) is 20.5 Å². The summed E-state index contributed by atoms with van der Waals surface area (Å²) in [6, 6.07) is 18.4. The molecular weight excluding hydrogens is 240 g/mol. The van der Waals surface area contributed by atoms with Gasteiger partial charge in [-0.25, -0.2) is 0 Å². The molecule has 0 spiro atoms. The fourth-order valence-corrected chi connectivity index (χ4v) is 3.06. The summed E-state index contributed by atoms with van der Waals surface area (Å²) in [6.07, 6.45) is 0. The quantitative estimate of drug-likeness (QED) is 0.600. The van der Waals surface area contributed by atoms with Gasteiger partial charge in [0.05, 0.1) is 0 Å². The molecule has 18 heavy (non-hydrogen) atoms. The molecule has 0 saturated heterocycles. The highest BCUT2D eigenvalue weighted by Gasteiger charge is 2.04. The Morgan fingerprint density at radius 1 is 1.00 bits per heavy atom. The summed E-state index contributed by atoms with van der Waals surface area (Å²) in [4.78, 5) is 12.5. The van der Waals surface area contributed by atoms with Gasteiger partial charge in [-0.15, -0.1) is 11.3 Å². The number of ketones is 1. The Labute approximate surface area is 110 Å². The fraction of sp³-hybridized carbons (Fsp3) is 0.0625. The second-order valence-corrected chi connectivity index (χ2v) is 5.37. The molecule has 2 aromatic carbocycles. The highest BCUT2D eigenvalue weighted by molar-refractivity contribution is 7.22. The van der Waals surface area contributed by atoms with Gasteiger partial charge in [0.1, 0.15) is 0 Å². The minimum atomic E-state index is 0.109. The molecule has 1 nitrogen and oxygen atoms in total. The molecule has 1 heterocycles. The largest absolute Gasteiger partial charge is 0.295 e. The maximum atomic E-state index is 11.2. The maximum Gasteiger partial charge on any atom is 0.159 e. The number of hydrogen-bond donors (Lipinski definition) is 0. The van der Waals surface area contributed by atoms with E-state index < -0.39 is 0 Å². The number of hydrogen-bond acceptors (Lipinski definition) is 2. The van der Waals surface area contributed by atoms with Crippen LogP contribution in [0.25, 0.3) is 20.5 Å². The van der Waals surface area contributed by atoms with E-state index in [9.17, 15) is 4.79 Å². The van der Waals surface area contributed by atoms with Gasteiger partial charge in [-0.1, -0.05) is 42.5 Å². The minimum Gasteiger partial charge on any atom is -0.295 e. The summed E-state index contributed by atoms with van der Waals surface area (Å²) < 4.78 is 1.29. The van der Waals surface area contributed by atoms with Crippen LogP contribution in [-0.2, 0) is 0 Å². The predicted octanol–water partition coefficient (Wildman–Crippen LogP) is 4.77. The van der Waals surface area contributed by atoms with Gasteiger partial charge in [0.25, 0.3) is 0 Å². The number of benzene rings is 2. The van der Waals surface area contributed by atoms with Crippen LogP contribution < -0.4 is 0 Å². The molecule has 3 rings (SSSR count). The fourth-order valence-electron chi connectivity index (χ4n) is 1.99. The van der Waals surface area contributed by atoms with Crippen LogP contribution in [0.1, 0.15) is 17.3 Å².